The molecule has 25 heavy (non-hydrogen) atoms. The van der Waals surface area contributed by atoms with Gasteiger partial charge in [-0.3, -0.25) is 0 Å². The fourth-order valence-corrected chi connectivity index (χ4v) is 4.21. The summed E-state index contributed by atoms with van der Waals surface area (Å²) < 4.78 is 38.6. The predicted octanol–water partition coefficient (Wildman–Crippen LogP) is 3.24. The Labute approximate surface area is 149 Å². The monoisotopic (exact) mass is 361 g/mol. The van der Waals surface area contributed by atoms with Crippen molar-refractivity contribution >= 4 is 10.0 Å². The topological polar surface area (TPSA) is 55.8 Å². The molecule has 134 valence electrons. The van der Waals surface area contributed by atoms with Crippen LogP contribution in [-0.4, -0.2) is 39.0 Å². The Hall–Kier alpha value is -1.89. The van der Waals surface area contributed by atoms with E-state index >= 15 is 0 Å². The molecule has 2 aromatic rings. The molecule has 1 fully saturated rings. The van der Waals surface area contributed by atoms with Gasteiger partial charge in [0.25, 0.3) is 0 Å². The molecule has 1 saturated heterocycles. The zero-order valence-corrected chi connectivity index (χ0v) is 15.1. The van der Waals surface area contributed by atoms with E-state index in [1.54, 1.807) is 24.3 Å². The molecular formula is C19H23NO4S. The van der Waals surface area contributed by atoms with E-state index in [1.807, 2.05) is 37.3 Å². The highest BCUT2D eigenvalue weighted by Crippen LogP contribution is 2.27. The summed E-state index contributed by atoms with van der Waals surface area (Å²) in [5.74, 6) is 0.685. The summed E-state index contributed by atoms with van der Waals surface area (Å²) in [6.07, 6.45) is 0.672. The van der Waals surface area contributed by atoms with Crippen molar-refractivity contribution in [2.45, 2.75) is 24.3 Å². The minimum Gasteiger partial charge on any atom is -0.494 e. The Morgan fingerprint density at radius 2 is 1.84 bits per heavy atom. The maximum absolute atomic E-state index is 12.9. The Bertz CT molecular complexity index is 775. The summed E-state index contributed by atoms with van der Waals surface area (Å²) in [5, 5.41) is 0. The maximum Gasteiger partial charge on any atom is 0.243 e. The Balaban J connectivity index is 1.75. The lowest BCUT2D eigenvalue weighted by Gasteiger charge is -2.32. The predicted molar refractivity (Wildman–Crippen MR) is 96.1 cm³/mol. The van der Waals surface area contributed by atoms with E-state index in [0.717, 1.165) is 12.0 Å². The molecule has 0 amide bonds. The molecule has 5 nitrogen and oxygen atoms in total. The number of hydrogen-bond donors (Lipinski definition) is 0. The van der Waals surface area contributed by atoms with Gasteiger partial charge in [-0.15, -0.1) is 0 Å². The van der Waals surface area contributed by atoms with Crippen molar-refractivity contribution in [3.63, 3.8) is 0 Å². The number of sulfonamides is 1. The van der Waals surface area contributed by atoms with Gasteiger partial charge >= 0.3 is 0 Å². The number of rotatable bonds is 6. The number of ether oxygens (including phenoxy) is 2. The van der Waals surface area contributed by atoms with Gasteiger partial charge in [-0.25, -0.2) is 8.42 Å². The third-order valence-electron chi connectivity index (χ3n) is 4.13. The van der Waals surface area contributed by atoms with Crippen molar-refractivity contribution < 1.29 is 17.9 Å². The molecule has 6 heteroatoms. The number of hydrogen-bond acceptors (Lipinski definition) is 4. The van der Waals surface area contributed by atoms with Crippen molar-refractivity contribution in [1.29, 1.82) is 0 Å². The van der Waals surface area contributed by atoms with Gasteiger partial charge in [0.15, 0.2) is 0 Å². The standard InChI is InChI=1S/C19H23NO4S/c1-2-13-23-17-8-10-18(11-9-17)25(21,22)20-12-14-24-19(15-20)16-6-4-3-5-7-16/h3-11,19H,2,12-15H2,1H3. The van der Waals surface area contributed by atoms with E-state index in [9.17, 15) is 8.42 Å². The zero-order chi connectivity index (χ0) is 17.7. The van der Waals surface area contributed by atoms with Gasteiger partial charge in [0.2, 0.25) is 10.0 Å². The molecule has 0 N–H and O–H groups in total. The molecule has 0 aliphatic carbocycles. The second-order valence-corrected chi connectivity index (χ2v) is 7.89. The second kappa shape index (κ2) is 7.99. The van der Waals surface area contributed by atoms with Crippen LogP contribution in [0.5, 0.6) is 5.75 Å². The Kier molecular flexibility index (Phi) is 5.73. The zero-order valence-electron chi connectivity index (χ0n) is 14.3. The SMILES string of the molecule is CCCOc1ccc(S(=O)(=O)N2CCOC(c3ccccc3)C2)cc1. The summed E-state index contributed by atoms with van der Waals surface area (Å²) in [7, 11) is -3.54. The number of morpholine rings is 1. The second-order valence-electron chi connectivity index (χ2n) is 5.95. The average Bonchev–Trinajstić information content (AvgIpc) is 2.67. The molecule has 1 atom stereocenters. The van der Waals surface area contributed by atoms with Crippen LogP contribution in [0.25, 0.3) is 0 Å². The quantitative estimate of drug-likeness (QED) is 0.793. The van der Waals surface area contributed by atoms with E-state index in [2.05, 4.69) is 0 Å². The Morgan fingerprint density at radius 1 is 1.12 bits per heavy atom. The molecule has 1 aliphatic heterocycles. The Morgan fingerprint density at radius 3 is 2.52 bits per heavy atom. The lowest BCUT2D eigenvalue weighted by atomic mass is 10.1. The number of nitrogens with zero attached hydrogens (tertiary/aromatic N) is 1. The summed E-state index contributed by atoms with van der Waals surface area (Å²) in [6.45, 7) is 3.71. The van der Waals surface area contributed by atoms with Crippen molar-refractivity contribution in [3.05, 3.63) is 60.2 Å². The van der Waals surface area contributed by atoms with Crippen LogP contribution in [0.2, 0.25) is 0 Å². The highest BCUT2D eigenvalue weighted by atomic mass is 32.2. The van der Waals surface area contributed by atoms with Crippen LogP contribution < -0.4 is 4.74 Å². The van der Waals surface area contributed by atoms with Gasteiger partial charge in [-0.1, -0.05) is 37.3 Å². The van der Waals surface area contributed by atoms with Gasteiger partial charge in [-0.2, -0.15) is 4.31 Å². The van der Waals surface area contributed by atoms with Gasteiger partial charge in [0, 0.05) is 13.1 Å². The highest BCUT2D eigenvalue weighted by Gasteiger charge is 2.31. The van der Waals surface area contributed by atoms with E-state index < -0.39 is 10.0 Å². The molecule has 1 unspecified atom stereocenters. The van der Waals surface area contributed by atoms with Crippen LogP contribution in [0.4, 0.5) is 0 Å². The molecule has 1 heterocycles. The van der Waals surface area contributed by atoms with Crippen LogP contribution >= 0.6 is 0 Å². The van der Waals surface area contributed by atoms with Crippen molar-refractivity contribution in [2.75, 3.05) is 26.3 Å². The van der Waals surface area contributed by atoms with Crippen molar-refractivity contribution in [2.24, 2.45) is 0 Å². The summed E-state index contributed by atoms with van der Waals surface area (Å²) in [5.41, 5.74) is 0.991. The van der Waals surface area contributed by atoms with Crippen LogP contribution in [0.3, 0.4) is 0 Å². The molecule has 0 spiro atoms. The largest absolute Gasteiger partial charge is 0.494 e. The molecular weight excluding hydrogens is 338 g/mol. The summed E-state index contributed by atoms with van der Waals surface area (Å²) in [4.78, 5) is 0.282. The molecule has 1 aliphatic rings. The first-order valence-electron chi connectivity index (χ1n) is 8.51. The fraction of sp³-hybridized carbons (Fsp3) is 0.368. The maximum atomic E-state index is 12.9. The van der Waals surface area contributed by atoms with E-state index in [-0.39, 0.29) is 11.0 Å². The first kappa shape index (κ1) is 17.9. The molecule has 0 radical (unpaired) electrons. The lowest BCUT2D eigenvalue weighted by Crippen LogP contribution is -2.42. The number of benzene rings is 2. The van der Waals surface area contributed by atoms with Gasteiger partial charge in [-0.05, 0) is 36.2 Å². The van der Waals surface area contributed by atoms with Crippen LogP contribution in [0.15, 0.2) is 59.5 Å². The molecule has 0 bridgehead atoms. The van der Waals surface area contributed by atoms with E-state index in [1.165, 1.54) is 4.31 Å². The van der Waals surface area contributed by atoms with Gasteiger partial charge in [0.05, 0.1) is 24.2 Å². The van der Waals surface area contributed by atoms with Gasteiger partial charge in [0.1, 0.15) is 5.75 Å². The van der Waals surface area contributed by atoms with Crippen molar-refractivity contribution in [3.8, 4) is 5.75 Å². The first-order chi connectivity index (χ1) is 12.1. The van der Waals surface area contributed by atoms with E-state index in [4.69, 9.17) is 9.47 Å². The van der Waals surface area contributed by atoms with Crippen LogP contribution in [-0.2, 0) is 14.8 Å². The van der Waals surface area contributed by atoms with Crippen molar-refractivity contribution in [1.82, 2.24) is 4.31 Å². The third-order valence-corrected chi connectivity index (χ3v) is 6.01. The lowest BCUT2D eigenvalue weighted by molar-refractivity contribution is -0.00255. The van der Waals surface area contributed by atoms with Crippen LogP contribution in [0.1, 0.15) is 25.0 Å². The molecule has 3 rings (SSSR count). The molecule has 0 aromatic heterocycles. The highest BCUT2D eigenvalue weighted by molar-refractivity contribution is 7.89. The molecule has 2 aromatic carbocycles. The summed E-state index contributed by atoms with van der Waals surface area (Å²) in [6, 6.07) is 16.3. The third kappa shape index (κ3) is 4.21. The minimum absolute atomic E-state index is 0.239. The van der Waals surface area contributed by atoms with E-state index in [0.29, 0.717) is 32.1 Å². The summed E-state index contributed by atoms with van der Waals surface area (Å²) >= 11 is 0. The minimum atomic E-state index is -3.54. The fourth-order valence-electron chi connectivity index (χ4n) is 2.79. The van der Waals surface area contributed by atoms with Gasteiger partial charge < -0.3 is 9.47 Å². The smallest absolute Gasteiger partial charge is 0.243 e. The normalized spacial score (nSPS) is 18.8. The van der Waals surface area contributed by atoms with Crippen LogP contribution in [0, 0.1) is 0 Å². The average molecular weight is 361 g/mol. The molecule has 0 saturated carbocycles. The first-order valence-corrected chi connectivity index (χ1v) is 9.95.